The summed E-state index contributed by atoms with van der Waals surface area (Å²) >= 11 is 2.78. The molecule has 2 rings (SSSR count). The Balaban J connectivity index is 2.20. The molecule has 1 aromatic carbocycles. The average Bonchev–Trinajstić information content (AvgIpc) is 3.00. The predicted molar refractivity (Wildman–Crippen MR) is 101 cm³/mol. The number of nitrogens with zero attached hydrogens (tertiary/aromatic N) is 1. The maximum atomic E-state index is 12.5. The van der Waals surface area contributed by atoms with Crippen LogP contribution in [0, 0.1) is 6.92 Å². The fourth-order valence-electron chi connectivity index (χ4n) is 2.20. The number of ether oxygens (including phenoxy) is 1. The van der Waals surface area contributed by atoms with Crippen LogP contribution in [0.1, 0.15) is 21.8 Å². The van der Waals surface area contributed by atoms with Crippen LogP contribution in [0.15, 0.2) is 24.3 Å². The molecule has 134 valence electrons. The van der Waals surface area contributed by atoms with E-state index in [0.29, 0.717) is 33.5 Å². The molecule has 0 aliphatic heterocycles. The van der Waals surface area contributed by atoms with Gasteiger partial charge in [0, 0.05) is 5.56 Å². The van der Waals surface area contributed by atoms with Crippen LogP contribution in [0.5, 0.6) is 5.75 Å². The van der Waals surface area contributed by atoms with Crippen molar-refractivity contribution in [3.05, 3.63) is 34.8 Å². The van der Waals surface area contributed by atoms with Crippen molar-refractivity contribution < 1.29 is 19.4 Å². The highest BCUT2D eigenvalue weighted by atomic mass is 32.2. The summed E-state index contributed by atoms with van der Waals surface area (Å²) in [6.45, 7) is 1.74. The number of aryl methyl sites for hydroxylation is 1. The van der Waals surface area contributed by atoms with E-state index in [2.05, 4.69) is 10.3 Å². The maximum absolute atomic E-state index is 12.5. The van der Waals surface area contributed by atoms with Gasteiger partial charge >= 0.3 is 5.97 Å². The van der Waals surface area contributed by atoms with Gasteiger partial charge < -0.3 is 15.2 Å². The standard InChI is InChI=1S/C17H20N2O4S2/c1-10-14(15(20)19-13(17(21)22)7-8-24-3)25-16(18-10)11-5-4-6-12(9-11)23-2/h4-6,9,13H,7-8H2,1-3H3,(H,19,20)(H,21,22)/t13-/m0/s1. The molecule has 2 N–H and O–H groups in total. The van der Waals surface area contributed by atoms with Gasteiger partial charge in [0.25, 0.3) is 5.91 Å². The summed E-state index contributed by atoms with van der Waals surface area (Å²) in [5.74, 6) is -0.0665. The molecule has 0 aliphatic carbocycles. The second-order valence-corrected chi connectivity index (χ2v) is 7.30. The zero-order chi connectivity index (χ0) is 18.4. The molecule has 1 atom stereocenters. The number of carbonyl (C=O) groups excluding carboxylic acids is 1. The van der Waals surface area contributed by atoms with E-state index in [9.17, 15) is 14.7 Å². The number of thioether (sulfide) groups is 1. The summed E-state index contributed by atoms with van der Waals surface area (Å²) in [6, 6.07) is 6.52. The van der Waals surface area contributed by atoms with Crippen molar-refractivity contribution in [2.24, 2.45) is 0 Å². The Labute approximate surface area is 154 Å². The molecule has 0 spiro atoms. The zero-order valence-corrected chi connectivity index (χ0v) is 15.9. The van der Waals surface area contributed by atoms with E-state index in [1.54, 1.807) is 25.8 Å². The van der Waals surface area contributed by atoms with Crippen molar-refractivity contribution in [2.45, 2.75) is 19.4 Å². The lowest BCUT2D eigenvalue weighted by Gasteiger charge is -2.13. The van der Waals surface area contributed by atoms with Crippen LogP contribution in [-0.2, 0) is 4.79 Å². The smallest absolute Gasteiger partial charge is 0.326 e. The van der Waals surface area contributed by atoms with E-state index in [1.807, 2.05) is 30.5 Å². The Morgan fingerprint density at radius 1 is 1.44 bits per heavy atom. The van der Waals surface area contributed by atoms with E-state index in [4.69, 9.17) is 4.74 Å². The van der Waals surface area contributed by atoms with Gasteiger partial charge in [-0.15, -0.1) is 11.3 Å². The number of thiazole rings is 1. The van der Waals surface area contributed by atoms with E-state index in [-0.39, 0.29) is 0 Å². The fourth-order valence-corrected chi connectivity index (χ4v) is 3.64. The molecule has 2 aromatic rings. The molecule has 6 nitrogen and oxygen atoms in total. The van der Waals surface area contributed by atoms with Gasteiger partial charge in [-0.05, 0) is 37.5 Å². The van der Waals surface area contributed by atoms with Crippen molar-refractivity contribution in [3.63, 3.8) is 0 Å². The Morgan fingerprint density at radius 2 is 2.20 bits per heavy atom. The molecule has 0 aliphatic rings. The van der Waals surface area contributed by atoms with Gasteiger partial charge in [-0.2, -0.15) is 11.8 Å². The summed E-state index contributed by atoms with van der Waals surface area (Å²) in [5.41, 5.74) is 1.43. The van der Waals surface area contributed by atoms with Gasteiger partial charge in [-0.3, -0.25) is 4.79 Å². The lowest BCUT2D eigenvalue weighted by atomic mass is 10.2. The summed E-state index contributed by atoms with van der Waals surface area (Å²) in [6.07, 6.45) is 2.28. The minimum Gasteiger partial charge on any atom is -0.497 e. The van der Waals surface area contributed by atoms with Gasteiger partial charge in [-0.1, -0.05) is 12.1 Å². The molecule has 1 aromatic heterocycles. The third-order valence-electron chi connectivity index (χ3n) is 3.53. The van der Waals surface area contributed by atoms with E-state index in [0.717, 1.165) is 5.56 Å². The van der Waals surface area contributed by atoms with Gasteiger partial charge in [-0.25, -0.2) is 9.78 Å². The second-order valence-electron chi connectivity index (χ2n) is 5.31. The van der Waals surface area contributed by atoms with Crippen molar-refractivity contribution in [3.8, 4) is 16.3 Å². The minimum absolute atomic E-state index is 0.378. The Hall–Kier alpha value is -2.06. The molecular formula is C17H20N2O4S2. The first-order valence-electron chi connectivity index (χ1n) is 7.60. The lowest BCUT2D eigenvalue weighted by molar-refractivity contribution is -0.139. The van der Waals surface area contributed by atoms with E-state index < -0.39 is 17.9 Å². The van der Waals surface area contributed by atoms with Gasteiger partial charge in [0.1, 0.15) is 21.7 Å². The molecular weight excluding hydrogens is 360 g/mol. The molecule has 0 unspecified atom stereocenters. The fraction of sp³-hybridized carbons (Fsp3) is 0.353. The molecule has 0 saturated carbocycles. The highest BCUT2D eigenvalue weighted by Gasteiger charge is 2.23. The number of nitrogens with one attached hydrogen (secondary N) is 1. The highest BCUT2D eigenvalue weighted by molar-refractivity contribution is 7.98. The Morgan fingerprint density at radius 3 is 2.84 bits per heavy atom. The van der Waals surface area contributed by atoms with Gasteiger partial charge in [0.05, 0.1) is 12.8 Å². The number of carboxylic acid groups (broad SMARTS) is 1. The summed E-state index contributed by atoms with van der Waals surface area (Å²) in [7, 11) is 1.59. The molecule has 25 heavy (non-hydrogen) atoms. The number of amides is 1. The van der Waals surface area contributed by atoms with Crippen molar-refractivity contribution in [2.75, 3.05) is 19.1 Å². The minimum atomic E-state index is -1.03. The monoisotopic (exact) mass is 380 g/mol. The first kappa shape index (κ1) is 19.3. The molecule has 0 radical (unpaired) electrons. The molecule has 8 heteroatoms. The van der Waals surface area contributed by atoms with Crippen LogP contribution < -0.4 is 10.1 Å². The Bertz CT molecular complexity index is 761. The molecule has 0 bridgehead atoms. The molecule has 0 saturated heterocycles. The quantitative estimate of drug-likeness (QED) is 0.732. The lowest BCUT2D eigenvalue weighted by Crippen LogP contribution is -2.41. The summed E-state index contributed by atoms with van der Waals surface area (Å²) in [5, 5.41) is 12.5. The van der Waals surface area contributed by atoms with Crippen molar-refractivity contribution >= 4 is 35.0 Å². The van der Waals surface area contributed by atoms with Crippen LogP contribution in [0.3, 0.4) is 0 Å². The first-order valence-corrected chi connectivity index (χ1v) is 9.81. The van der Waals surface area contributed by atoms with Gasteiger partial charge in [0.2, 0.25) is 0 Å². The third-order valence-corrected chi connectivity index (χ3v) is 5.38. The van der Waals surface area contributed by atoms with Crippen LogP contribution in [-0.4, -0.2) is 47.1 Å². The number of hydrogen-bond acceptors (Lipinski definition) is 6. The number of carboxylic acids is 1. The summed E-state index contributed by atoms with van der Waals surface area (Å²) in [4.78, 5) is 28.6. The maximum Gasteiger partial charge on any atom is 0.326 e. The molecule has 0 fully saturated rings. The van der Waals surface area contributed by atoms with Gasteiger partial charge in [0.15, 0.2) is 0 Å². The molecule has 1 heterocycles. The van der Waals surface area contributed by atoms with E-state index >= 15 is 0 Å². The van der Waals surface area contributed by atoms with Crippen LogP contribution in [0.25, 0.3) is 10.6 Å². The largest absolute Gasteiger partial charge is 0.497 e. The van der Waals surface area contributed by atoms with E-state index in [1.165, 1.54) is 11.3 Å². The zero-order valence-electron chi connectivity index (χ0n) is 14.2. The van der Waals surface area contributed by atoms with Crippen molar-refractivity contribution in [1.82, 2.24) is 10.3 Å². The number of aliphatic carboxylic acids is 1. The van der Waals surface area contributed by atoms with Crippen LogP contribution in [0.2, 0.25) is 0 Å². The number of carbonyl (C=O) groups is 2. The average molecular weight is 380 g/mol. The van der Waals surface area contributed by atoms with Crippen molar-refractivity contribution in [1.29, 1.82) is 0 Å². The highest BCUT2D eigenvalue weighted by Crippen LogP contribution is 2.30. The predicted octanol–water partition coefficient (Wildman–Crippen LogP) is 3.06. The third kappa shape index (κ3) is 4.96. The SMILES string of the molecule is COc1cccc(-c2nc(C)c(C(=O)N[C@@H](CCSC)C(=O)O)s2)c1. The Kier molecular flexibility index (Phi) is 6.83. The number of rotatable bonds is 8. The number of hydrogen-bond donors (Lipinski definition) is 2. The first-order chi connectivity index (χ1) is 12.0. The number of aromatic nitrogens is 1. The van der Waals surface area contributed by atoms with Crippen LogP contribution >= 0.6 is 23.1 Å². The second kappa shape index (κ2) is 8.87. The number of benzene rings is 1. The topological polar surface area (TPSA) is 88.5 Å². The van der Waals surface area contributed by atoms with Crippen LogP contribution in [0.4, 0.5) is 0 Å². The molecule has 1 amide bonds. The summed E-state index contributed by atoms with van der Waals surface area (Å²) < 4.78 is 5.21. The number of methoxy groups -OCH3 is 1. The normalized spacial score (nSPS) is 11.8.